The van der Waals surface area contributed by atoms with E-state index in [0.717, 1.165) is 11.3 Å². The quantitative estimate of drug-likeness (QED) is 0.672. The summed E-state index contributed by atoms with van der Waals surface area (Å²) >= 11 is 0. The summed E-state index contributed by atoms with van der Waals surface area (Å²) in [6.45, 7) is 7.47. The fourth-order valence-electron chi connectivity index (χ4n) is 1.99. The van der Waals surface area contributed by atoms with Gasteiger partial charge in [0.05, 0.1) is 37.6 Å². The molecule has 2 heterocycles. The maximum Gasteiger partial charge on any atom is 0.410 e. The number of fused-ring (bicyclic) bond motifs is 1. The average molecular weight is 223 g/mol. The van der Waals surface area contributed by atoms with Crippen molar-refractivity contribution in [2.24, 2.45) is 0 Å². The second-order valence-electron chi connectivity index (χ2n) is 5.03. The highest BCUT2D eigenvalue weighted by Crippen LogP contribution is 2.27. The van der Waals surface area contributed by atoms with E-state index < -0.39 is 0 Å². The fourth-order valence-corrected chi connectivity index (χ4v) is 1.99. The van der Waals surface area contributed by atoms with Gasteiger partial charge >= 0.3 is 6.09 Å². The molecule has 5 nitrogen and oxygen atoms in total. The van der Waals surface area contributed by atoms with E-state index in [1.807, 2.05) is 10.9 Å². The van der Waals surface area contributed by atoms with Crippen molar-refractivity contribution in [3.8, 4) is 0 Å². The van der Waals surface area contributed by atoms with Crippen molar-refractivity contribution in [2.45, 2.75) is 39.4 Å². The number of amides is 1. The van der Waals surface area contributed by atoms with Gasteiger partial charge in [0.2, 0.25) is 0 Å². The molecular weight excluding hydrogens is 206 g/mol. The van der Waals surface area contributed by atoms with Crippen LogP contribution in [0.3, 0.4) is 0 Å². The van der Waals surface area contributed by atoms with Crippen LogP contribution in [0.25, 0.3) is 0 Å². The van der Waals surface area contributed by atoms with E-state index in [-0.39, 0.29) is 11.6 Å². The van der Waals surface area contributed by atoms with Crippen LogP contribution in [0.5, 0.6) is 0 Å². The van der Waals surface area contributed by atoms with E-state index in [0.29, 0.717) is 13.1 Å². The standard InChI is InChI=1S/C11H17N3O2/c1-11(2,3)14-9-7-13(10(15)16-4)6-8(9)5-12-14/h5H,6-7H2,1-4H3. The van der Waals surface area contributed by atoms with Crippen LogP contribution in [0.4, 0.5) is 4.79 Å². The van der Waals surface area contributed by atoms with Crippen LogP contribution in [-0.4, -0.2) is 27.9 Å². The van der Waals surface area contributed by atoms with Crippen molar-refractivity contribution in [3.63, 3.8) is 0 Å². The maximum absolute atomic E-state index is 11.4. The lowest BCUT2D eigenvalue weighted by atomic mass is 10.1. The highest BCUT2D eigenvalue weighted by Gasteiger charge is 2.30. The van der Waals surface area contributed by atoms with Crippen LogP contribution >= 0.6 is 0 Å². The molecule has 1 amide bonds. The Bertz CT molecular complexity index is 417. The molecule has 1 aromatic heterocycles. The van der Waals surface area contributed by atoms with Gasteiger partial charge in [-0.25, -0.2) is 4.79 Å². The number of carbonyl (C=O) groups excluding carboxylic acids is 1. The zero-order valence-electron chi connectivity index (χ0n) is 10.1. The third kappa shape index (κ3) is 1.66. The number of hydrogen-bond donors (Lipinski definition) is 0. The lowest BCUT2D eigenvalue weighted by Gasteiger charge is -2.22. The molecule has 0 saturated heterocycles. The summed E-state index contributed by atoms with van der Waals surface area (Å²) in [5.74, 6) is 0. The summed E-state index contributed by atoms with van der Waals surface area (Å²) in [4.78, 5) is 13.1. The molecule has 5 heteroatoms. The van der Waals surface area contributed by atoms with Gasteiger partial charge in [-0.15, -0.1) is 0 Å². The van der Waals surface area contributed by atoms with Gasteiger partial charge in [-0.2, -0.15) is 5.10 Å². The molecule has 0 radical (unpaired) electrons. The Balaban J connectivity index is 2.26. The second-order valence-corrected chi connectivity index (χ2v) is 5.03. The molecule has 0 atom stereocenters. The highest BCUT2D eigenvalue weighted by molar-refractivity contribution is 5.68. The van der Waals surface area contributed by atoms with Gasteiger partial charge in [0, 0.05) is 5.56 Å². The number of hydrogen-bond acceptors (Lipinski definition) is 3. The summed E-state index contributed by atoms with van der Waals surface area (Å²) in [7, 11) is 1.40. The Morgan fingerprint density at radius 3 is 2.69 bits per heavy atom. The van der Waals surface area contributed by atoms with Crippen molar-refractivity contribution in [1.82, 2.24) is 14.7 Å². The number of aromatic nitrogens is 2. The third-order valence-electron chi connectivity index (χ3n) is 2.73. The smallest absolute Gasteiger partial charge is 0.410 e. The monoisotopic (exact) mass is 223 g/mol. The van der Waals surface area contributed by atoms with Gasteiger partial charge in [-0.1, -0.05) is 0 Å². The molecule has 1 aliphatic heterocycles. The van der Waals surface area contributed by atoms with Gasteiger partial charge in [-0.05, 0) is 20.8 Å². The number of ether oxygens (including phenoxy) is 1. The Labute approximate surface area is 95.0 Å². The molecule has 0 N–H and O–H groups in total. The Morgan fingerprint density at radius 1 is 1.44 bits per heavy atom. The molecule has 0 spiro atoms. The zero-order valence-corrected chi connectivity index (χ0v) is 10.1. The molecule has 88 valence electrons. The first-order chi connectivity index (χ1) is 7.43. The molecule has 2 rings (SSSR count). The molecule has 16 heavy (non-hydrogen) atoms. The zero-order chi connectivity index (χ0) is 11.9. The molecule has 0 unspecified atom stereocenters. The van der Waals surface area contributed by atoms with Crippen molar-refractivity contribution < 1.29 is 9.53 Å². The first kappa shape index (κ1) is 11.0. The first-order valence-corrected chi connectivity index (χ1v) is 5.32. The molecule has 0 saturated carbocycles. The Kier molecular flexibility index (Phi) is 2.40. The van der Waals surface area contributed by atoms with Gasteiger partial charge in [0.1, 0.15) is 0 Å². The van der Waals surface area contributed by atoms with Crippen LogP contribution in [0.15, 0.2) is 6.20 Å². The van der Waals surface area contributed by atoms with E-state index in [1.54, 1.807) is 4.90 Å². The van der Waals surface area contributed by atoms with Crippen LogP contribution in [0, 0.1) is 0 Å². The lowest BCUT2D eigenvalue weighted by Crippen LogP contribution is -2.29. The van der Waals surface area contributed by atoms with Crippen molar-refractivity contribution in [1.29, 1.82) is 0 Å². The normalized spacial score (nSPS) is 15.1. The van der Waals surface area contributed by atoms with Crippen LogP contribution in [-0.2, 0) is 23.4 Å². The van der Waals surface area contributed by atoms with E-state index in [1.165, 1.54) is 7.11 Å². The van der Waals surface area contributed by atoms with E-state index in [2.05, 4.69) is 25.9 Å². The SMILES string of the molecule is COC(=O)N1Cc2cnn(C(C)(C)C)c2C1. The third-order valence-corrected chi connectivity index (χ3v) is 2.73. The van der Waals surface area contributed by atoms with Gasteiger partial charge < -0.3 is 4.74 Å². The van der Waals surface area contributed by atoms with Crippen LogP contribution in [0.1, 0.15) is 32.0 Å². The van der Waals surface area contributed by atoms with Gasteiger partial charge in [0.15, 0.2) is 0 Å². The topological polar surface area (TPSA) is 47.4 Å². The summed E-state index contributed by atoms with van der Waals surface area (Å²) in [6, 6.07) is 0. The largest absolute Gasteiger partial charge is 0.453 e. The van der Waals surface area contributed by atoms with Crippen LogP contribution in [0.2, 0.25) is 0 Å². The predicted molar refractivity (Wildman–Crippen MR) is 58.9 cm³/mol. The molecule has 0 bridgehead atoms. The lowest BCUT2D eigenvalue weighted by molar-refractivity contribution is 0.121. The summed E-state index contributed by atoms with van der Waals surface area (Å²) < 4.78 is 6.69. The van der Waals surface area contributed by atoms with E-state index in [9.17, 15) is 4.79 Å². The summed E-state index contributed by atoms with van der Waals surface area (Å²) in [5.41, 5.74) is 2.16. The minimum atomic E-state index is -0.281. The van der Waals surface area contributed by atoms with E-state index in [4.69, 9.17) is 4.74 Å². The minimum Gasteiger partial charge on any atom is -0.453 e. The number of nitrogens with zero attached hydrogens (tertiary/aromatic N) is 3. The molecule has 0 aliphatic carbocycles. The fraction of sp³-hybridized carbons (Fsp3) is 0.636. The molecule has 1 aliphatic rings. The van der Waals surface area contributed by atoms with Gasteiger partial charge in [-0.3, -0.25) is 9.58 Å². The Hall–Kier alpha value is -1.52. The molecule has 1 aromatic rings. The molecular formula is C11H17N3O2. The minimum absolute atomic E-state index is 0.0558. The number of rotatable bonds is 0. The highest BCUT2D eigenvalue weighted by atomic mass is 16.5. The van der Waals surface area contributed by atoms with E-state index >= 15 is 0 Å². The summed E-state index contributed by atoms with van der Waals surface area (Å²) in [6.07, 6.45) is 1.56. The molecule has 0 aromatic carbocycles. The summed E-state index contributed by atoms with van der Waals surface area (Å²) in [5, 5.41) is 4.37. The first-order valence-electron chi connectivity index (χ1n) is 5.32. The molecule has 0 fully saturated rings. The number of carbonyl (C=O) groups is 1. The average Bonchev–Trinajstić information content (AvgIpc) is 2.72. The maximum atomic E-state index is 11.4. The van der Waals surface area contributed by atoms with Crippen molar-refractivity contribution >= 4 is 6.09 Å². The second kappa shape index (κ2) is 3.50. The van der Waals surface area contributed by atoms with Crippen molar-refractivity contribution in [2.75, 3.05) is 7.11 Å². The van der Waals surface area contributed by atoms with Gasteiger partial charge in [0.25, 0.3) is 0 Å². The van der Waals surface area contributed by atoms with Crippen LogP contribution < -0.4 is 0 Å². The predicted octanol–water partition coefficient (Wildman–Crippen LogP) is 1.72. The van der Waals surface area contributed by atoms with Crippen molar-refractivity contribution in [3.05, 3.63) is 17.5 Å². The Morgan fingerprint density at radius 2 is 2.12 bits per heavy atom. The number of methoxy groups -OCH3 is 1.